The van der Waals surface area contributed by atoms with E-state index in [-0.39, 0.29) is 13.0 Å². The number of β-amino-alcohol motifs (C(OH)–C–C–N with tert-alkyl or cyclic N) is 1. The molecule has 2 rings (SSSR count). The zero-order chi connectivity index (χ0) is 14.7. The molecule has 1 fully saturated rings. The number of aryl methyl sites for hydroxylation is 1. The minimum atomic E-state index is -1.10. The second-order valence-corrected chi connectivity index (χ2v) is 4.88. The minimum absolute atomic E-state index is 0.0380. The maximum atomic E-state index is 12.1. The van der Waals surface area contributed by atoms with Gasteiger partial charge in [0, 0.05) is 18.7 Å². The molecule has 20 heavy (non-hydrogen) atoms. The highest BCUT2D eigenvalue weighted by Gasteiger charge is 2.38. The van der Waals surface area contributed by atoms with E-state index in [1.54, 1.807) is 6.07 Å². The number of likely N-dealkylation sites (tertiary alicyclic amines) is 1. The number of amides is 2. The number of aliphatic carboxylic acids is 1. The number of aliphatic hydroxyl groups excluding tert-OH is 1. The highest BCUT2D eigenvalue weighted by molar-refractivity contribution is 5.92. The summed E-state index contributed by atoms with van der Waals surface area (Å²) in [5, 5.41) is 21.3. The zero-order valence-electron chi connectivity index (χ0n) is 11.2. The Morgan fingerprint density at radius 2 is 2.20 bits per heavy atom. The van der Waals surface area contributed by atoms with Gasteiger partial charge in [0.1, 0.15) is 6.04 Å². The summed E-state index contributed by atoms with van der Waals surface area (Å²) in [6.45, 7) is 2.05. The summed E-state index contributed by atoms with van der Waals surface area (Å²) in [5.41, 5.74) is 1.71. The SMILES string of the molecule is CCc1cccc(NC(=O)N2C[C@H](O)C[C@H]2C(=O)O)c1. The largest absolute Gasteiger partial charge is 0.480 e. The van der Waals surface area contributed by atoms with Crippen molar-refractivity contribution in [3.05, 3.63) is 29.8 Å². The first-order valence-electron chi connectivity index (χ1n) is 6.58. The lowest BCUT2D eigenvalue weighted by Crippen LogP contribution is -2.43. The lowest BCUT2D eigenvalue weighted by atomic mass is 10.1. The molecule has 108 valence electrons. The zero-order valence-corrected chi connectivity index (χ0v) is 11.2. The smallest absolute Gasteiger partial charge is 0.326 e. The molecule has 0 aromatic heterocycles. The summed E-state index contributed by atoms with van der Waals surface area (Å²) < 4.78 is 0. The van der Waals surface area contributed by atoms with Gasteiger partial charge < -0.3 is 20.4 Å². The van der Waals surface area contributed by atoms with Crippen molar-refractivity contribution in [1.82, 2.24) is 4.90 Å². The number of carboxylic acids is 1. The molecule has 1 aromatic carbocycles. The summed E-state index contributed by atoms with van der Waals surface area (Å²) in [4.78, 5) is 24.4. The predicted octanol–water partition coefficient (Wildman–Crippen LogP) is 1.30. The Hall–Kier alpha value is -2.08. The Morgan fingerprint density at radius 1 is 1.45 bits per heavy atom. The van der Waals surface area contributed by atoms with E-state index >= 15 is 0 Å². The van der Waals surface area contributed by atoms with Crippen LogP contribution in [0.5, 0.6) is 0 Å². The molecule has 1 aliphatic heterocycles. The Balaban J connectivity index is 2.09. The van der Waals surface area contributed by atoms with Gasteiger partial charge in [-0.05, 0) is 24.1 Å². The van der Waals surface area contributed by atoms with Crippen molar-refractivity contribution >= 4 is 17.7 Å². The molecule has 0 aliphatic carbocycles. The molecule has 0 radical (unpaired) electrons. The molecule has 3 N–H and O–H groups in total. The second-order valence-electron chi connectivity index (χ2n) is 4.88. The average Bonchev–Trinajstić information content (AvgIpc) is 2.81. The van der Waals surface area contributed by atoms with E-state index in [0.29, 0.717) is 5.69 Å². The van der Waals surface area contributed by atoms with Crippen LogP contribution in [0.25, 0.3) is 0 Å². The molecule has 2 atom stereocenters. The van der Waals surface area contributed by atoms with Crippen molar-refractivity contribution < 1.29 is 19.8 Å². The van der Waals surface area contributed by atoms with Gasteiger partial charge in [-0.15, -0.1) is 0 Å². The van der Waals surface area contributed by atoms with E-state index in [2.05, 4.69) is 5.32 Å². The maximum absolute atomic E-state index is 12.1. The molecular weight excluding hydrogens is 260 g/mol. The van der Waals surface area contributed by atoms with Gasteiger partial charge in [-0.1, -0.05) is 19.1 Å². The van der Waals surface area contributed by atoms with Crippen LogP contribution < -0.4 is 5.32 Å². The van der Waals surface area contributed by atoms with Crippen molar-refractivity contribution in [2.24, 2.45) is 0 Å². The number of rotatable bonds is 3. The highest BCUT2D eigenvalue weighted by Crippen LogP contribution is 2.20. The lowest BCUT2D eigenvalue weighted by Gasteiger charge is -2.21. The number of anilines is 1. The molecule has 6 heteroatoms. The normalized spacial score (nSPS) is 21.8. The molecule has 0 bridgehead atoms. The fourth-order valence-corrected chi connectivity index (χ4v) is 2.34. The van der Waals surface area contributed by atoms with E-state index < -0.39 is 24.1 Å². The number of hydrogen-bond acceptors (Lipinski definition) is 3. The first-order chi connectivity index (χ1) is 9.51. The Morgan fingerprint density at radius 3 is 2.85 bits per heavy atom. The number of nitrogens with one attached hydrogen (secondary N) is 1. The van der Waals surface area contributed by atoms with Gasteiger partial charge in [0.2, 0.25) is 0 Å². The van der Waals surface area contributed by atoms with Gasteiger partial charge in [0.25, 0.3) is 0 Å². The number of hydrogen-bond donors (Lipinski definition) is 3. The van der Waals surface area contributed by atoms with Gasteiger partial charge in [0.15, 0.2) is 0 Å². The highest BCUT2D eigenvalue weighted by atomic mass is 16.4. The first-order valence-corrected chi connectivity index (χ1v) is 6.58. The minimum Gasteiger partial charge on any atom is -0.480 e. The van der Waals surface area contributed by atoms with Gasteiger partial charge >= 0.3 is 12.0 Å². The van der Waals surface area contributed by atoms with Crippen LogP contribution in [0.15, 0.2) is 24.3 Å². The maximum Gasteiger partial charge on any atom is 0.326 e. The molecule has 2 amide bonds. The fourth-order valence-electron chi connectivity index (χ4n) is 2.34. The van der Waals surface area contributed by atoms with Gasteiger partial charge in [-0.3, -0.25) is 0 Å². The number of carboxylic acid groups (broad SMARTS) is 1. The monoisotopic (exact) mass is 278 g/mol. The average molecular weight is 278 g/mol. The van der Waals surface area contributed by atoms with Gasteiger partial charge in [0.05, 0.1) is 6.10 Å². The predicted molar refractivity (Wildman–Crippen MR) is 73.6 cm³/mol. The summed E-state index contributed by atoms with van der Waals surface area (Å²) in [6.07, 6.45) is 0.130. The number of benzene rings is 1. The van der Waals surface area contributed by atoms with Crippen molar-refractivity contribution in [2.75, 3.05) is 11.9 Å². The van der Waals surface area contributed by atoms with Gasteiger partial charge in [-0.2, -0.15) is 0 Å². The summed E-state index contributed by atoms with van der Waals surface area (Å²) in [6, 6.07) is 5.91. The van der Waals surface area contributed by atoms with Crippen LogP contribution in [0.3, 0.4) is 0 Å². The standard InChI is InChI=1S/C14H18N2O4/c1-2-9-4-3-5-10(6-9)15-14(20)16-8-11(17)7-12(16)13(18)19/h3-6,11-12,17H,2,7-8H2,1H3,(H,15,20)(H,18,19)/t11-,12+/m1/s1. The molecule has 1 saturated heterocycles. The number of carbonyl (C=O) groups is 2. The van der Waals surface area contributed by atoms with Crippen LogP contribution in [0.4, 0.5) is 10.5 Å². The Bertz CT molecular complexity index is 518. The van der Waals surface area contributed by atoms with Crippen molar-refractivity contribution in [1.29, 1.82) is 0 Å². The molecule has 1 heterocycles. The van der Waals surface area contributed by atoms with E-state index in [1.807, 2.05) is 25.1 Å². The van der Waals surface area contributed by atoms with Crippen LogP contribution in [0, 0.1) is 0 Å². The van der Waals surface area contributed by atoms with E-state index in [1.165, 1.54) is 0 Å². The Kier molecular flexibility index (Phi) is 4.24. The quantitative estimate of drug-likeness (QED) is 0.777. The first kappa shape index (κ1) is 14.3. The number of urea groups is 1. The Labute approximate surface area is 117 Å². The fraction of sp³-hybridized carbons (Fsp3) is 0.429. The molecule has 0 unspecified atom stereocenters. The van der Waals surface area contributed by atoms with Crippen LogP contribution in [0.2, 0.25) is 0 Å². The molecule has 0 saturated carbocycles. The third-order valence-corrected chi connectivity index (χ3v) is 3.41. The topological polar surface area (TPSA) is 89.9 Å². The van der Waals surface area contributed by atoms with Crippen molar-refractivity contribution in [2.45, 2.75) is 31.9 Å². The third kappa shape index (κ3) is 3.08. The number of aliphatic hydroxyl groups is 1. The van der Waals surface area contributed by atoms with Crippen LogP contribution in [-0.4, -0.2) is 45.8 Å². The number of carbonyl (C=O) groups excluding carboxylic acids is 1. The summed E-state index contributed by atoms with van der Waals surface area (Å²) >= 11 is 0. The summed E-state index contributed by atoms with van der Waals surface area (Å²) in [7, 11) is 0. The van der Waals surface area contributed by atoms with E-state index in [4.69, 9.17) is 5.11 Å². The van der Waals surface area contributed by atoms with Crippen LogP contribution >= 0.6 is 0 Å². The van der Waals surface area contributed by atoms with Crippen LogP contribution in [-0.2, 0) is 11.2 Å². The lowest BCUT2D eigenvalue weighted by molar-refractivity contribution is -0.141. The van der Waals surface area contributed by atoms with E-state index in [9.17, 15) is 14.7 Å². The molecule has 0 spiro atoms. The van der Waals surface area contributed by atoms with Crippen LogP contribution in [0.1, 0.15) is 18.9 Å². The van der Waals surface area contributed by atoms with Crippen molar-refractivity contribution in [3.8, 4) is 0 Å². The molecule has 6 nitrogen and oxygen atoms in total. The molecule has 1 aromatic rings. The van der Waals surface area contributed by atoms with Gasteiger partial charge in [-0.25, -0.2) is 9.59 Å². The van der Waals surface area contributed by atoms with E-state index in [0.717, 1.165) is 16.9 Å². The molecule has 1 aliphatic rings. The van der Waals surface area contributed by atoms with Crippen molar-refractivity contribution in [3.63, 3.8) is 0 Å². The molecular formula is C14H18N2O4. The summed E-state index contributed by atoms with van der Waals surface area (Å²) in [5.74, 6) is -1.10. The number of nitrogens with zero attached hydrogens (tertiary/aromatic N) is 1. The third-order valence-electron chi connectivity index (χ3n) is 3.41. The second kappa shape index (κ2) is 5.92.